The van der Waals surface area contributed by atoms with Gasteiger partial charge in [0.25, 0.3) is 0 Å². The molecule has 0 saturated heterocycles. The summed E-state index contributed by atoms with van der Waals surface area (Å²) in [7, 11) is 0. The molecule has 52 heavy (non-hydrogen) atoms. The van der Waals surface area contributed by atoms with E-state index in [1.165, 1.54) is 32.9 Å². The van der Waals surface area contributed by atoms with Crippen molar-refractivity contribution in [3.05, 3.63) is 151 Å². The molecule has 0 saturated carbocycles. The van der Waals surface area contributed by atoms with Crippen LogP contribution < -0.4 is 0 Å². The van der Waals surface area contributed by atoms with Crippen LogP contribution in [-0.2, 0) is 10.8 Å². The van der Waals surface area contributed by atoms with Gasteiger partial charge >= 0.3 is 0 Å². The lowest BCUT2D eigenvalue weighted by molar-refractivity contribution is 0.590. The SMILES string of the molecule is CC(C)(C)c1ccc2c(c1)c1cc(C(C)(C)C)ccc1n2-c1cccc2c3ccccc3n(-c3nc(-c4ccccc4)nc(-c4ccccc4)n3)c12. The summed E-state index contributed by atoms with van der Waals surface area (Å²) in [6.45, 7) is 13.7. The summed E-state index contributed by atoms with van der Waals surface area (Å²) >= 11 is 0. The molecule has 9 rings (SSSR count). The van der Waals surface area contributed by atoms with Gasteiger partial charge in [0.2, 0.25) is 5.95 Å². The molecule has 0 N–H and O–H groups in total. The highest BCUT2D eigenvalue weighted by molar-refractivity contribution is 6.15. The van der Waals surface area contributed by atoms with E-state index < -0.39 is 0 Å². The number of hydrogen-bond acceptors (Lipinski definition) is 3. The van der Waals surface area contributed by atoms with Crippen LogP contribution >= 0.6 is 0 Å². The molecule has 5 nitrogen and oxygen atoms in total. The summed E-state index contributed by atoms with van der Waals surface area (Å²) in [5.74, 6) is 1.85. The van der Waals surface area contributed by atoms with Crippen molar-refractivity contribution in [2.24, 2.45) is 0 Å². The quantitative estimate of drug-likeness (QED) is 0.187. The summed E-state index contributed by atoms with van der Waals surface area (Å²) in [6, 6.07) is 49.6. The smallest absolute Gasteiger partial charge is 0.238 e. The van der Waals surface area contributed by atoms with Gasteiger partial charge in [0, 0.05) is 32.7 Å². The Kier molecular flexibility index (Phi) is 7.20. The first-order valence-corrected chi connectivity index (χ1v) is 18.1. The van der Waals surface area contributed by atoms with Crippen LogP contribution in [0.3, 0.4) is 0 Å². The Labute approximate surface area is 304 Å². The van der Waals surface area contributed by atoms with Crippen LogP contribution in [0, 0.1) is 0 Å². The molecule has 3 heterocycles. The van der Waals surface area contributed by atoms with Gasteiger partial charge in [-0.1, -0.05) is 145 Å². The number of nitrogens with zero attached hydrogens (tertiary/aromatic N) is 5. The number of benzene rings is 6. The van der Waals surface area contributed by atoms with E-state index in [4.69, 9.17) is 15.0 Å². The highest BCUT2D eigenvalue weighted by Crippen LogP contribution is 2.41. The number of hydrogen-bond donors (Lipinski definition) is 0. The van der Waals surface area contributed by atoms with E-state index in [1.807, 2.05) is 36.4 Å². The Morgan fingerprint density at radius 3 is 1.42 bits per heavy atom. The molecule has 0 aliphatic heterocycles. The van der Waals surface area contributed by atoms with E-state index in [0.717, 1.165) is 38.6 Å². The number of aromatic nitrogens is 5. The molecule has 0 aliphatic rings. The van der Waals surface area contributed by atoms with Gasteiger partial charge in [0.15, 0.2) is 11.6 Å². The van der Waals surface area contributed by atoms with Crippen LogP contribution in [0.5, 0.6) is 0 Å². The first-order valence-electron chi connectivity index (χ1n) is 18.1. The van der Waals surface area contributed by atoms with Gasteiger partial charge in [-0.2, -0.15) is 9.97 Å². The zero-order valence-corrected chi connectivity index (χ0v) is 30.5. The first kappa shape index (κ1) is 31.9. The maximum Gasteiger partial charge on any atom is 0.238 e. The third kappa shape index (κ3) is 5.19. The van der Waals surface area contributed by atoms with E-state index >= 15 is 0 Å². The van der Waals surface area contributed by atoms with Crippen LogP contribution in [0.25, 0.3) is 78.0 Å². The van der Waals surface area contributed by atoms with Crippen molar-refractivity contribution in [3.8, 4) is 34.4 Å². The Hall–Kier alpha value is -6.07. The van der Waals surface area contributed by atoms with Gasteiger partial charge in [-0.25, -0.2) is 4.98 Å². The fraction of sp³-hybridized carbons (Fsp3) is 0.170. The van der Waals surface area contributed by atoms with Crippen LogP contribution in [0.1, 0.15) is 52.7 Å². The minimum atomic E-state index is 0.0162. The van der Waals surface area contributed by atoms with Crippen LogP contribution in [-0.4, -0.2) is 24.1 Å². The lowest BCUT2D eigenvalue weighted by atomic mass is 9.85. The largest absolute Gasteiger partial charge is 0.307 e. The molecular weight excluding hydrogens is 635 g/mol. The molecule has 5 heteroatoms. The maximum absolute atomic E-state index is 5.23. The van der Waals surface area contributed by atoms with Crippen LogP contribution in [0.15, 0.2) is 140 Å². The Bertz CT molecular complexity index is 2660. The van der Waals surface area contributed by atoms with E-state index in [9.17, 15) is 0 Å². The number of fused-ring (bicyclic) bond motifs is 6. The second-order valence-electron chi connectivity index (χ2n) is 15.8. The van der Waals surface area contributed by atoms with E-state index in [2.05, 4.69) is 154 Å². The summed E-state index contributed by atoms with van der Waals surface area (Å²) in [4.78, 5) is 15.5. The van der Waals surface area contributed by atoms with E-state index in [1.54, 1.807) is 0 Å². The summed E-state index contributed by atoms with van der Waals surface area (Å²) in [5, 5.41) is 4.80. The average Bonchev–Trinajstić information content (AvgIpc) is 3.67. The molecule has 0 bridgehead atoms. The molecule has 0 spiro atoms. The third-order valence-corrected chi connectivity index (χ3v) is 10.3. The highest BCUT2D eigenvalue weighted by Gasteiger charge is 2.24. The van der Waals surface area contributed by atoms with Crippen LogP contribution in [0.2, 0.25) is 0 Å². The van der Waals surface area contributed by atoms with Gasteiger partial charge in [-0.05, 0) is 58.4 Å². The normalized spacial score (nSPS) is 12.4. The Morgan fingerprint density at radius 1 is 0.404 bits per heavy atom. The van der Waals surface area contributed by atoms with Crippen molar-refractivity contribution < 1.29 is 0 Å². The topological polar surface area (TPSA) is 48.5 Å². The zero-order valence-electron chi connectivity index (χ0n) is 30.5. The van der Waals surface area contributed by atoms with Crippen molar-refractivity contribution >= 4 is 43.6 Å². The van der Waals surface area contributed by atoms with Gasteiger partial charge in [0.05, 0.1) is 27.8 Å². The van der Waals surface area contributed by atoms with Gasteiger partial charge < -0.3 is 4.57 Å². The minimum absolute atomic E-state index is 0.0162. The number of rotatable bonds is 4. The number of para-hydroxylation sites is 2. The van der Waals surface area contributed by atoms with E-state index in [0.29, 0.717) is 17.6 Å². The molecule has 0 unspecified atom stereocenters. The summed E-state index contributed by atoms with van der Waals surface area (Å²) in [5.41, 5.74) is 10.1. The fourth-order valence-corrected chi connectivity index (χ4v) is 7.50. The third-order valence-electron chi connectivity index (χ3n) is 10.3. The minimum Gasteiger partial charge on any atom is -0.307 e. The molecule has 0 amide bonds. The Morgan fingerprint density at radius 2 is 0.885 bits per heavy atom. The molecule has 3 aromatic heterocycles. The van der Waals surface area contributed by atoms with Crippen molar-refractivity contribution in [2.45, 2.75) is 52.4 Å². The average molecular weight is 676 g/mol. The zero-order chi connectivity index (χ0) is 35.8. The van der Waals surface area contributed by atoms with Gasteiger partial charge in [-0.3, -0.25) is 4.57 Å². The van der Waals surface area contributed by atoms with Crippen molar-refractivity contribution in [3.63, 3.8) is 0 Å². The second kappa shape index (κ2) is 11.7. The Balaban J connectivity index is 1.41. The lowest BCUT2D eigenvalue weighted by Gasteiger charge is -2.19. The summed E-state index contributed by atoms with van der Waals surface area (Å²) < 4.78 is 4.68. The van der Waals surface area contributed by atoms with E-state index in [-0.39, 0.29) is 10.8 Å². The fourth-order valence-electron chi connectivity index (χ4n) is 7.50. The van der Waals surface area contributed by atoms with Gasteiger partial charge in [0.1, 0.15) is 0 Å². The van der Waals surface area contributed by atoms with Crippen LogP contribution in [0.4, 0.5) is 0 Å². The molecule has 0 radical (unpaired) electrons. The predicted octanol–water partition coefficient (Wildman–Crippen LogP) is 12.0. The molecule has 254 valence electrons. The molecule has 0 atom stereocenters. The monoisotopic (exact) mass is 675 g/mol. The predicted molar refractivity (Wildman–Crippen MR) is 217 cm³/mol. The highest BCUT2D eigenvalue weighted by atomic mass is 15.2. The standard InChI is InChI=1S/C47H41N5/c1-46(2,3)32-24-26-39-36(28-32)37-29-33(47(4,5)6)25-27-40(37)51(39)41-23-15-21-35-34-20-13-14-22-38(34)52(42(35)41)45-49-43(30-16-9-7-10-17-30)48-44(50-45)31-18-11-8-12-19-31/h7-29H,1-6H3. The maximum atomic E-state index is 5.23. The summed E-state index contributed by atoms with van der Waals surface area (Å²) in [6.07, 6.45) is 0. The second-order valence-corrected chi connectivity index (χ2v) is 15.8. The molecule has 0 fully saturated rings. The molecule has 9 aromatic rings. The van der Waals surface area contributed by atoms with Gasteiger partial charge in [-0.15, -0.1) is 0 Å². The van der Waals surface area contributed by atoms with Crippen molar-refractivity contribution in [2.75, 3.05) is 0 Å². The first-order chi connectivity index (χ1) is 25.1. The van der Waals surface area contributed by atoms with Crippen molar-refractivity contribution in [1.29, 1.82) is 0 Å². The molecule has 6 aromatic carbocycles. The van der Waals surface area contributed by atoms with Crippen molar-refractivity contribution in [1.82, 2.24) is 24.1 Å². The molecular formula is C47H41N5. The lowest BCUT2D eigenvalue weighted by Crippen LogP contribution is -2.10. The molecule has 0 aliphatic carbocycles.